The summed E-state index contributed by atoms with van der Waals surface area (Å²) in [5.41, 5.74) is 2.62. The van der Waals surface area contributed by atoms with Gasteiger partial charge in [0.05, 0.1) is 24.7 Å². The van der Waals surface area contributed by atoms with Crippen LogP contribution in [0.5, 0.6) is 5.75 Å². The van der Waals surface area contributed by atoms with Gasteiger partial charge in [-0.05, 0) is 92.0 Å². The number of hydrogen-bond acceptors (Lipinski definition) is 7. The van der Waals surface area contributed by atoms with E-state index in [4.69, 9.17) is 21.7 Å². The van der Waals surface area contributed by atoms with Crippen LogP contribution in [0.15, 0.2) is 53.4 Å². The average molecular weight is 532 g/mol. The normalized spacial score (nSPS) is 12.9. The van der Waals surface area contributed by atoms with Gasteiger partial charge >= 0.3 is 5.97 Å². The number of thiocarbonyl (C=S) groups is 1. The number of esters is 1. The average Bonchev–Trinajstić information content (AvgIpc) is 3.21. The number of hydrogen-bond donors (Lipinski definition) is 3. The number of nitrogens with one attached hydrogen (secondary N) is 3. The van der Waals surface area contributed by atoms with Gasteiger partial charge in [-0.1, -0.05) is 0 Å². The predicted octanol–water partition coefficient (Wildman–Crippen LogP) is 5.03. The molecule has 0 bridgehead atoms. The zero-order valence-electron chi connectivity index (χ0n) is 19.2. The van der Waals surface area contributed by atoms with Gasteiger partial charge in [-0.15, -0.1) is 11.3 Å². The lowest BCUT2D eigenvalue weighted by molar-refractivity contribution is 0.0601. The molecule has 0 saturated carbocycles. The Bertz CT molecular complexity index is 1330. The van der Waals surface area contributed by atoms with Gasteiger partial charge in [-0.3, -0.25) is 4.72 Å². The third-order valence-corrected chi connectivity index (χ3v) is 8.36. The van der Waals surface area contributed by atoms with Gasteiger partial charge in [0.1, 0.15) is 10.8 Å². The fourth-order valence-electron chi connectivity index (χ4n) is 3.83. The number of ether oxygens (including phenoxy) is 2. The number of thiophene rings is 1. The molecule has 3 N–H and O–H groups in total. The molecule has 1 aromatic heterocycles. The Balaban J connectivity index is 1.44. The van der Waals surface area contributed by atoms with Gasteiger partial charge in [0.15, 0.2) is 5.11 Å². The monoisotopic (exact) mass is 531 g/mol. The van der Waals surface area contributed by atoms with Crippen LogP contribution >= 0.6 is 23.6 Å². The lowest BCUT2D eigenvalue weighted by atomic mass is 9.95. The topological polar surface area (TPSA) is 106 Å². The fraction of sp³-hybridized carbons (Fsp3) is 0.250. The molecular formula is C24H25N3O5S3. The fourth-order valence-corrected chi connectivity index (χ4v) is 6.45. The molecule has 0 fully saturated rings. The van der Waals surface area contributed by atoms with Crippen molar-refractivity contribution in [3.8, 4) is 5.75 Å². The highest BCUT2D eigenvalue weighted by atomic mass is 32.2. The van der Waals surface area contributed by atoms with Gasteiger partial charge in [-0.25, -0.2) is 13.2 Å². The van der Waals surface area contributed by atoms with Gasteiger partial charge in [0.2, 0.25) is 0 Å². The largest absolute Gasteiger partial charge is 0.497 e. The number of aryl methyl sites for hydroxylation is 1. The van der Waals surface area contributed by atoms with Crippen LogP contribution in [0.1, 0.15) is 33.6 Å². The summed E-state index contributed by atoms with van der Waals surface area (Å²) >= 11 is 6.96. The van der Waals surface area contributed by atoms with Crippen LogP contribution in [-0.2, 0) is 27.6 Å². The van der Waals surface area contributed by atoms with Crippen LogP contribution in [0, 0.1) is 0 Å². The van der Waals surface area contributed by atoms with Gasteiger partial charge in [0.25, 0.3) is 10.0 Å². The second kappa shape index (κ2) is 10.6. The minimum atomic E-state index is -3.76. The molecule has 0 unspecified atom stereocenters. The van der Waals surface area contributed by atoms with E-state index in [1.807, 2.05) is 0 Å². The van der Waals surface area contributed by atoms with E-state index < -0.39 is 10.0 Å². The predicted molar refractivity (Wildman–Crippen MR) is 142 cm³/mol. The lowest BCUT2D eigenvalue weighted by Gasteiger charge is -2.13. The second-order valence-electron chi connectivity index (χ2n) is 7.84. The summed E-state index contributed by atoms with van der Waals surface area (Å²) in [6, 6.07) is 12.8. The van der Waals surface area contributed by atoms with Crippen LogP contribution in [-0.4, -0.2) is 33.7 Å². The molecule has 3 aromatic rings. The molecule has 184 valence electrons. The van der Waals surface area contributed by atoms with E-state index in [0.717, 1.165) is 31.2 Å². The summed E-state index contributed by atoms with van der Waals surface area (Å²) in [7, 11) is -0.850. The molecule has 2 aromatic carbocycles. The molecule has 0 aliphatic heterocycles. The molecule has 11 heteroatoms. The Hall–Kier alpha value is -3.15. The van der Waals surface area contributed by atoms with Crippen molar-refractivity contribution in [3.05, 3.63) is 64.5 Å². The van der Waals surface area contributed by atoms with E-state index in [0.29, 0.717) is 32.8 Å². The Kier molecular flexibility index (Phi) is 7.58. The summed E-state index contributed by atoms with van der Waals surface area (Å²) in [6.45, 7) is 0. The van der Waals surface area contributed by atoms with Crippen molar-refractivity contribution in [2.45, 2.75) is 30.6 Å². The first-order valence-corrected chi connectivity index (χ1v) is 13.6. The number of carbonyl (C=O) groups excluding carboxylic acids is 1. The first kappa shape index (κ1) is 25.0. The number of rotatable bonds is 7. The first-order chi connectivity index (χ1) is 16.8. The quantitative estimate of drug-likeness (QED) is 0.288. The van der Waals surface area contributed by atoms with E-state index >= 15 is 0 Å². The Morgan fingerprint density at radius 2 is 1.60 bits per heavy atom. The highest BCUT2D eigenvalue weighted by molar-refractivity contribution is 7.92. The van der Waals surface area contributed by atoms with Crippen molar-refractivity contribution < 1.29 is 22.7 Å². The van der Waals surface area contributed by atoms with Crippen molar-refractivity contribution in [2.24, 2.45) is 0 Å². The zero-order valence-corrected chi connectivity index (χ0v) is 21.7. The Morgan fingerprint density at radius 1 is 0.943 bits per heavy atom. The van der Waals surface area contributed by atoms with Crippen LogP contribution in [0.2, 0.25) is 0 Å². The van der Waals surface area contributed by atoms with Crippen molar-refractivity contribution in [1.29, 1.82) is 0 Å². The van der Waals surface area contributed by atoms with Crippen LogP contribution < -0.4 is 20.1 Å². The zero-order chi connectivity index (χ0) is 25.0. The third-order valence-electron chi connectivity index (χ3n) is 5.55. The van der Waals surface area contributed by atoms with Crippen molar-refractivity contribution in [2.75, 3.05) is 29.6 Å². The maximum atomic E-state index is 12.7. The van der Waals surface area contributed by atoms with E-state index in [2.05, 4.69) is 15.4 Å². The van der Waals surface area contributed by atoms with Crippen molar-refractivity contribution >= 4 is 61.0 Å². The first-order valence-electron chi connectivity index (χ1n) is 10.9. The molecule has 4 rings (SSSR count). The van der Waals surface area contributed by atoms with Gasteiger partial charge in [0, 0.05) is 16.3 Å². The Morgan fingerprint density at radius 3 is 2.26 bits per heavy atom. The Labute approximate surface area is 213 Å². The summed E-state index contributed by atoms with van der Waals surface area (Å²) < 4.78 is 38.1. The molecule has 1 heterocycles. The molecule has 8 nitrogen and oxygen atoms in total. The highest BCUT2D eigenvalue weighted by Crippen LogP contribution is 2.38. The smallest absolute Gasteiger partial charge is 0.341 e. The number of anilines is 3. The summed E-state index contributed by atoms with van der Waals surface area (Å²) in [5.74, 6) is 0.253. The minimum Gasteiger partial charge on any atom is -0.497 e. The van der Waals surface area contributed by atoms with Gasteiger partial charge in [-0.2, -0.15) is 0 Å². The van der Waals surface area contributed by atoms with E-state index in [9.17, 15) is 13.2 Å². The molecular weight excluding hydrogens is 506 g/mol. The summed E-state index contributed by atoms with van der Waals surface area (Å²) in [6.07, 6.45) is 3.92. The van der Waals surface area contributed by atoms with Crippen LogP contribution in [0.25, 0.3) is 0 Å². The SMILES string of the molecule is COC(=O)c1c(NC(=S)Nc2ccc(S(=O)(=O)Nc3ccc(OC)cc3)cc2)sc2c1CCCC2. The van der Waals surface area contributed by atoms with Crippen LogP contribution in [0.3, 0.4) is 0 Å². The minimum absolute atomic E-state index is 0.108. The summed E-state index contributed by atoms with van der Waals surface area (Å²) in [4.78, 5) is 13.7. The third kappa shape index (κ3) is 5.75. The van der Waals surface area contributed by atoms with E-state index in [1.54, 1.807) is 43.5 Å². The number of benzene rings is 2. The molecule has 1 aliphatic carbocycles. The molecule has 0 spiro atoms. The number of methoxy groups -OCH3 is 2. The van der Waals surface area contributed by atoms with Crippen LogP contribution in [0.4, 0.5) is 16.4 Å². The second-order valence-corrected chi connectivity index (χ2v) is 11.0. The summed E-state index contributed by atoms with van der Waals surface area (Å²) in [5, 5.41) is 7.11. The number of carbonyl (C=O) groups is 1. The van der Waals surface area contributed by atoms with E-state index in [-0.39, 0.29) is 10.9 Å². The molecule has 0 amide bonds. The molecule has 35 heavy (non-hydrogen) atoms. The molecule has 1 aliphatic rings. The van der Waals surface area contributed by atoms with Crippen molar-refractivity contribution in [3.63, 3.8) is 0 Å². The lowest BCUT2D eigenvalue weighted by Crippen LogP contribution is -2.20. The number of sulfonamides is 1. The molecule has 0 radical (unpaired) electrons. The highest BCUT2D eigenvalue weighted by Gasteiger charge is 2.26. The molecule has 0 saturated heterocycles. The standard InChI is InChI=1S/C24H25N3O5S3/c1-31-17-11-7-16(8-12-17)27-35(29,30)18-13-9-15(10-14-18)25-24(33)26-22-21(23(28)32-2)19-5-3-4-6-20(19)34-22/h7-14,27H,3-6H2,1-2H3,(H2,25,26,33). The van der Waals surface area contributed by atoms with Gasteiger partial charge < -0.3 is 20.1 Å². The number of fused-ring (bicyclic) bond motifs is 1. The maximum absolute atomic E-state index is 12.7. The van der Waals surface area contributed by atoms with Crippen molar-refractivity contribution in [1.82, 2.24) is 0 Å². The van der Waals surface area contributed by atoms with E-state index in [1.165, 1.54) is 35.5 Å². The molecule has 0 atom stereocenters. The maximum Gasteiger partial charge on any atom is 0.341 e.